The number of halogens is 3. The fourth-order valence-electron chi connectivity index (χ4n) is 0.491. The highest BCUT2D eigenvalue weighted by molar-refractivity contribution is 9.10. The van der Waals surface area contributed by atoms with Crippen molar-refractivity contribution in [3.05, 3.63) is 21.9 Å². The summed E-state index contributed by atoms with van der Waals surface area (Å²) in [7, 11) is 3.77. The van der Waals surface area contributed by atoms with Crippen molar-refractivity contribution in [1.82, 2.24) is 4.98 Å². The van der Waals surface area contributed by atoms with Gasteiger partial charge in [0.2, 0.25) is 0 Å². The first-order valence-corrected chi connectivity index (χ1v) is 5.65. The second kappa shape index (κ2) is 3.85. The SMILES string of the molecule is O=S(Cl)c1cnc(Cl)c(Br)c1. The van der Waals surface area contributed by atoms with Crippen molar-refractivity contribution < 1.29 is 4.21 Å². The lowest BCUT2D eigenvalue weighted by Gasteiger charge is -1.95. The van der Waals surface area contributed by atoms with E-state index in [4.69, 9.17) is 22.3 Å². The number of pyridine rings is 1. The molecule has 0 saturated carbocycles. The third kappa shape index (κ3) is 2.40. The van der Waals surface area contributed by atoms with Crippen molar-refractivity contribution in [2.45, 2.75) is 4.90 Å². The predicted molar refractivity (Wildman–Crippen MR) is 49.2 cm³/mol. The van der Waals surface area contributed by atoms with Gasteiger partial charge in [0, 0.05) is 6.20 Å². The van der Waals surface area contributed by atoms with Crippen molar-refractivity contribution in [1.29, 1.82) is 0 Å². The summed E-state index contributed by atoms with van der Waals surface area (Å²) in [4.78, 5) is 4.17. The summed E-state index contributed by atoms with van der Waals surface area (Å²) in [5, 5.41) is 0.330. The lowest BCUT2D eigenvalue weighted by molar-refractivity contribution is 0.691. The zero-order valence-corrected chi connectivity index (χ0v) is 8.97. The first-order chi connectivity index (χ1) is 5.11. The molecule has 1 aromatic rings. The highest BCUT2D eigenvalue weighted by Gasteiger charge is 2.03. The maximum Gasteiger partial charge on any atom is 0.149 e. The van der Waals surface area contributed by atoms with Gasteiger partial charge in [0.05, 0.1) is 9.37 Å². The summed E-state index contributed by atoms with van der Waals surface area (Å²) in [6.45, 7) is 0. The van der Waals surface area contributed by atoms with Crippen LogP contribution in [0.5, 0.6) is 0 Å². The van der Waals surface area contributed by atoms with Crippen LogP contribution in [0.15, 0.2) is 21.6 Å². The fraction of sp³-hybridized carbons (Fsp3) is 0. The molecule has 1 atom stereocenters. The van der Waals surface area contributed by atoms with E-state index in [1.165, 1.54) is 6.20 Å². The molecule has 1 heterocycles. The zero-order chi connectivity index (χ0) is 8.43. The van der Waals surface area contributed by atoms with Gasteiger partial charge in [-0.1, -0.05) is 11.6 Å². The van der Waals surface area contributed by atoms with Crippen LogP contribution in [0.25, 0.3) is 0 Å². The van der Waals surface area contributed by atoms with Crippen LogP contribution >= 0.6 is 38.2 Å². The second-order valence-corrected chi connectivity index (χ2v) is 4.64. The maximum absolute atomic E-state index is 10.7. The first-order valence-electron chi connectivity index (χ1n) is 2.50. The van der Waals surface area contributed by atoms with E-state index < -0.39 is 10.0 Å². The molecule has 0 aromatic carbocycles. The number of nitrogens with zero attached hydrogens (tertiary/aromatic N) is 1. The van der Waals surface area contributed by atoms with Crippen LogP contribution in [-0.2, 0) is 10.0 Å². The summed E-state index contributed by atoms with van der Waals surface area (Å²) in [5.74, 6) is 0. The van der Waals surface area contributed by atoms with E-state index in [9.17, 15) is 4.21 Å². The molecule has 11 heavy (non-hydrogen) atoms. The number of hydrogen-bond acceptors (Lipinski definition) is 2. The van der Waals surface area contributed by atoms with Gasteiger partial charge in [0.15, 0.2) is 0 Å². The topological polar surface area (TPSA) is 30.0 Å². The summed E-state index contributed by atoms with van der Waals surface area (Å²) in [6.07, 6.45) is 1.37. The van der Waals surface area contributed by atoms with Crippen LogP contribution in [0.3, 0.4) is 0 Å². The minimum absolute atomic E-state index is 0.330. The molecule has 0 fully saturated rings. The van der Waals surface area contributed by atoms with E-state index in [2.05, 4.69) is 20.9 Å². The average Bonchev–Trinajstić information content (AvgIpc) is 1.94. The molecule has 1 aromatic heterocycles. The minimum atomic E-state index is -1.53. The Bertz CT molecular complexity index is 307. The van der Waals surface area contributed by atoms with Crippen LogP contribution < -0.4 is 0 Å². The van der Waals surface area contributed by atoms with Gasteiger partial charge in [-0.05, 0) is 32.7 Å². The molecule has 1 unspecified atom stereocenters. The number of aromatic nitrogens is 1. The Labute approximate surface area is 84.0 Å². The maximum atomic E-state index is 10.7. The molecule has 0 radical (unpaired) electrons. The summed E-state index contributed by atoms with van der Waals surface area (Å²) in [5.41, 5.74) is 0. The molecule has 0 saturated heterocycles. The van der Waals surface area contributed by atoms with Gasteiger partial charge >= 0.3 is 0 Å². The number of hydrogen-bond donors (Lipinski definition) is 0. The van der Waals surface area contributed by atoms with Crippen LogP contribution in [-0.4, -0.2) is 9.19 Å². The molecule has 0 spiro atoms. The summed E-state index contributed by atoms with van der Waals surface area (Å²) >= 11 is 8.71. The Morgan fingerprint density at radius 1 is 1.64 bits per heavy atom. The molecule has 0 aliphatic heterocycles. The van der Waals surface area contributed by atoms with Gasteiger partial charge < -0.3 is 0 Å². The van der Waals surface area contributed by atoms with Crippen LogP contribution in [0.4, 0.5) is 0 Å². The predicted octanol–water partition coefficient (Wildman–Crippen LogP) is 2.76. The molecular formula is C5H2BrCl2NOS. The molecule has 0 bridgehead atoms. The Morgan fingerprint density at radius 2 is 2.27 bits per heavy atom. The summed E-state index contributed by atoms with van der Waals surface area (Å²) in [6, 6.07) is 1.57. The smallest absolute Gasteiger partial charge is 0.149 e. The summed E-state index contributed by atoms with van der Waals surface area (Å²) < 4.78 is 11.3. The molecular weight excluding hydrogens is 273 g/mol. The molecule has 6 heteroatoms. The molecule has 0 amide bonds. The van der Waals surface area contributed by atoms with E-state index in [0.717, 1.165) is 0 Å². The van der Waals surface area contributed by atoms with Gasteiger partial charge in [0.1, 0.15) is 15.2 Å². The van der Waals surface area contributed by atoms with Crippen LogP contribution in [0.1, 0.15) is 0 Å². The molecule has 2 nitrogen and oxygen atoms in total. The minimum Gasteiger partial charge on any atom is -0.242 e. The largest absolute Gasteiger partial charge is 0.242 e. The van der Waals surface area contributed by atoms with Crippen molar-refractivity contribution in [3.63, 3.8) is 0 Å². The Morgan fingerprint density at radius 3 is 2.73 bits per heavy atom. The quantitative estimate of drug-likeness (QED) is 0.582. The zero-order valence-electron chi connectivity index (χ0n) is 5.05. The monoisotopic (exact) mass is 273 g/mol. The molecule has 60 valence electrons. The molecule has 1 rings (SSSR count). The van der Waals surface area contributed by atoms with E-state index in [1.807, 2.05) is 0 Å². The Kier molecular flexibility index (Phi) is 3.30. The second-order valence-electron chi connectivity index (χ2n) is 1.67. The van der Waals surface area contributed by atoms with E-state index in [0.29, 0.717) is 14.5 Å². The van der Waals surface area contributed by atoms with Crippen molar-refractivity contribution >= 4 is 48.2 Å². The van der Waals surface area contributed by atoms with Crippen LogP contribution in [0, 0.1) is 0 Å². The Balaban J connectivity index is 3.15. The van der Waals surface area contributed by atoms with Gasteiger partial charge in [-0.25, -0.2) is 9.19 Å². The van der Waals surface area contributed by atoms with E-state index in [-0.39, 0.29) is 0 Å². The number of rotatable bonds is 1. The molecule has 0 aliphatic rings. The Hall–Kier alpha value is 0.360. The van der Waals surface area contributed by atoms with Gasteiger partial charge in [-0.3, -0.25) is 0 Å². The van der Waals surface area contributed by atoms with Crippen molar-refractivity contribution in [3.8, 4) is 0 Å². The van der Waals surface area contributed by atoms with E-state index in [1.54, 1.807) is 6.07 Å². The molecule has 0 aliphatic carbocycles. The van der Waals surface area contributed by atoms with Gasteiger partial charge in [0.25, 0.3) is 0 Å². The first kappa shape index (κ1) is 9.45. The molecule has 0 N–H and O–H groups in total. The highest BCUT2D eigenvalue weighted by atomic mass is 79.9. The van der Waals surface area contributed by atoms with Crippen molar-refractivity contribution in [2.75, 3.05) is 0 Å². The van der Waals surface area contributed by atoms with Crippen LogP contribution in [0.2, 0.25) is 5.15 Å². The van der Waals surface area contributed by atoms with Crippen molar-refractivity contribution in [2.24, 2.45) is 0 Å². The van der Waals surface area contributed by atoms with Gasteiger partial charge in [-0.15, -0.1) is 0 Å². The average molecular weight is 275 g/mol. The standard InChI is InChI=1S/C5H2BrCl2NOS/c6-4-1-3(11(8)10)2-9-5(4)7/h1-2H. The lowest BCUT2D eigenvalue weighted by atomic mass is 10.5. The fourth-order valence-corrected chi connectivity index (χ4v) is 1.69. The third-order valence-electron chi connectivity index (χ3n) is 0.957. The third-order valence-corrected chi connectivity index (χ3v) is 3.22. The van der Waals surface area contributed by atoms with Gasteiger partial charge in [-0.2, -0.15) is 0 Å². The normalized spacial score (nSPS) is 13.0. The highest BCUT2D eigenvalue weighted by Crippen LogP contribution is 2.22. The lowest BCUT2D eigenvalue weighted by Crippen LogP contribution is -1.84. The van der Waals surface area contributed by atoms with E-state index >= 15 is 0 Å².